The number of benzene rings is 1. The minimum atomic E-state index is -0.725. The maximum Gasteiger partial charge on any atom is 0.162 e. The van der Waals surface area contributed by atoms with Crippen LogP contribution < -0.4 is 5.32 Å². The van der Waals surface area contributed by atoms with Crippen molar-refractivity contribution in [3.05, 3.63) is 35.4 Å². The van der Waals surface area contributed by atoms with Gasteiger partial charge in [-0.2, -0.15) is 0 Å². The smallest absolute Gasteiger partial charge is 0.162 e. The first kappa shape index (κ1) is 15.4. The molecule has 0 heterocycles. The van der Waals surface area contributed by atoms with Crippen molar-refractivity contribution in [2.24, 2.45) is 17.8 Å². The van der Waals surface area contributed by atoms with Crippen LogP contribution >= 0.6 is 0 Å². The minimum absolute atomic E-state index is 0.124. The summed E-state index contributed by atoms with van der Waals surface area (Å²) in [4.78, 5) is 0. The summed E-state index contributed by atoms with van der Waals surface area (Å²) in [5, 5.41) is 3.20. The van der Waals surface area contributed by atoms with Crippen LogP contribution in [0.15, 0.2) is 18.2 Å². The first-order valence-electron chi connectivity index (χ1n) is 7.63. The number of hydrogen-bond donors (Lipinski definition) is 1. The molecule has 3 atom stereocenters. The second-order valence-electron chi connectivity index (χ2n) is 6.38. The fourth-order valence-corrected chi connectivity index (χ4v) is 3.57. The van der Waals surface area contributed by atoms with Gasteiger partial charge in [0.05, 0.1) is 0 Å². The third-order valence-electron chi connectivity index (χ3n) is 4.82. The highest BCUT2D eigenvalue weighted by molar-refractivity contribution is 5.24. The maximum absolute atomic E-state index is 14.1. The van der Waals surface area contributed by atoms with E-state index in [1.165, 1.54) is 12.5 Å². The van der Waals surface area contributed by atoms with Crippen LogP contribution in [0.4, 0.5) is 8.78 Å². The lowest BCUT2D eigenvalue weighted by atomic mass is 9.68. The van der Waals surface area contributed by atoms with Gasteiger partial charge in [0.1, 0.15) is 0 Å². The summed E-state index contributed by atoms with van der Waals surface area (Å²) in [6.45, 7) is 5.32. The zero-order chi connectivity index (χ0) is 14.7. The highest BCUT2D eigenvalue weighted by Crippen LogP contribution is 2.43. The highest BCUT2D eigenvalue weighted by Gasteiger charge is 2.34. The van der Waals surface area contributed by atoms with Crippen molar-refractivity contribution in [3.63, 3.8) is 0 Å². The first-order valence-corrected chi connectivity index (χ1v) is 7.63. The quantitative estimate of drug-likeness (QED) is 0.865. The Morgan fingerprint density at radius 1 is 1.25 bits per heavy atom. The molecule has 112 valence electrons. The van der Waals surface area contributed by atoms with Gasteiger partial charge in [-0.3, -0.25) is 0 Å². The van der Waals surface area contributed by atoms with Crippen molar-refractivity contribution in [2.45, 2.75) is 39.0 Å². The topological polar surface area (TPSA) is 12.0 Å². The van der Waals surface area contributed by atoms with Crippen LogP contribution in [0.25, 0.3) is 0 Å². The molecule has 0 amide bonds. The molecule has 1 aromatic carbocycles. The van der Waals surface area contributed by atoms with E-state index in [-0.39, 0.29) is 5.92 Å². The van der Waals surface area contributed by atoms with Gasteiger partial charge in [0.2, 0.25) is 0 Å². The summed E-state index contributed by atoms with van der Waals surface area (Å²) in [7, 11) is 1.92. The molecule has 1 aliphatic rings. The number of nitrogens with one attached hydrogen (secondary N) is 1. The SMILES string of the molecule is CNCC1CCC(C(C)C)CC1c1cccc(F)c1F. The van der Waals surface area contributed by atoms with Crippen LogP contribution in [0.2, 0.25) is 0 Å². The van der Waals surface area contributed by atoms with Crippen LogP contribution in [0.5, 0.6) is 0 Å². The monoisotopic (exact) mass is 281 g/mol. The van der Waals surface area contributed by atoms with Crippen molar-refractivity contribution >= 4 is 0 Å². The van der Waals surface area contributed by atoms with E-state index in [2.05, 4.69) is 19.2 Å². The van der Waals surface area contributed by atoms with Gasteiger partial charge in [0.15, 0.2) is 11.6 Å². The number of rotatable bonds is 4. The van der Waals surface area contributed by atoms with Crippen LogP contribution in [0, 0.1) is 29.4 Å². The number of hydrogen-bond acceptors (Lipinski definition) is 1. The van der Waals surface area contributed by atoms with Gasteiger partial charge in [-0.05, 0) is 68.2 Å². The second-order valence-corrected chi connectivity index (χ2v) is 6.38. The van der Waals surface area contributed by atoms with Gasteiger partial charge in [0, 0.05) is 0 Å². The molecule has 0 radical (unpaired) electrons. The molecule has 3 unspecified atom stereocenters. The van der Waals surface area contributed by atoms with Crippen LogP contribution in [-0.4, -0.2) is 13.6 Å². The van der Waals surface area contributed by atoms with Gasteiger partial charge in [-0.25, -0.2) is 8.78 Å². The lowest BCUT2D eigenvalue weighted by molar-refractivity contribution is 0.189. The summed E-state index contributed by atoms with van der Waals surface area (Å²) < 4.78 is 27.6. The molecule has 1 aromatic rings. The van der Waals surface area contributed by atoms with E-state index in [0.717, 1.165) is 19.4 Å². The standard InChI is InChI=1S/C17H25F2N/c1-11(2)12-7-8-13(10-20-3)15(9-12)14-5-4-6-16(18)17(14)19/h4-6,11-13,15,20H,7-10H2,1-3H3. The minimum Gasteiger partial charge on any atom is -0.319 e. The predicted molar refractivity (Wildman–Crippen MR) is 78.7 cm³/mol. The van der Waals surface area contributed by atoms with E-state index >= 15 is 0 Å². The first-order chi connectivity index (χ1) is 9.54. The molecule has 1 aliphatic carbocycles. The van der Waals surface area contributed by atoms with Gasteiger partial charge in [-0.15, -0.1) is 0 Å². The Hall–Kier alpha value is -0.960. The van der Waals surface area contributed by atoms with E-state index in [4.69, 9.17) is 0 Å². The summed E-state index contributed by atoms with van der Waals surface area (Å²) in [5.74, 6) is 0.353. The largest absolute Gasteiger partial charge is 0.319 e. The molecule has 1 fully saturated rings. The fourth-order valence-electron chi connectivity index (χ4n) is 3.57. The Balaban J connectivity index is 2.29. The molecule has 0 bridgehead atoms. The molecular formula is C17H25F2N. The zero-order valence-electron chi connectivity index (χ0n) is 12.6. The molecule has 1 N–H and O–H groups in total. The Morgan fingerprint density at radius 3 is 2.65 bits per heavy atom. The maximum atomic E-state index is 14.1. The lowest BCUT2D eigenvalue weighted by Crippen LogP contribution is -2.32. The van der Waals surface area contributed by atoms with E-state index in [0.29, 0.717) is 23.3 Å². The van der Waals surface area contributed by atoms with Crippen LogP contribution in [-0.2, 0) is 0 Å². The Kier molecular flexibility index (Phi) is 5.14. The highest BCUT2D eigenvalue weighted by atomic mass is 19.2. The third kappa shape index (κ3) is 3.20. The molecule has 1 nitrogen and oxygen atoms in total. The Bertz CT molecular complexity index is 445. The molecule has 0 aromatic heterocycles. The summed E-state index contributed by atoms with van der Waals surface area (Å²) >= 11 is 0. The molecular weight excluding hydrogens is 256 g/mol. The lowest BCUT2D eigenvalue weighted by Gasteiger charge is -2.38. The van der Waals surface area contributed by atoms with Gasteiger partial charge >= 0.3 is 0 Å². The third-order valence-corrected chi connectivity index (χ3v) is 4.82. The summed E-state index contributed by atoms with van der Waals surface area (Å²) in [6.07, 6.45) is 3.24. The predicted octanol–water partition coefficient (Wildman–Crippen LogP) is 4.34. The van der Waals surface area contributed by atoms with E-state index in [1.807, 2.05) is 7.05 Å². The zero-order valence-corrected chi connectivity index (χ0v) is 12.6. The van der Waals surface area contributed by atoms with Crippen molar-refractivity contribution in [3.8, 4) is 0 Å². The van der Waals surface area contributed by atoms with Crippen LogP contribution in [0.3, 0.4) is 0 Å². The number of halogens is 2. The van der Waals surface area contributed by atoms with Gasteiger partial charge in [0.25, 0.3) is 0 Å². The average molecular weight is 281 g/mol. The average Bonchev–Trinajstić information content (AvgIpc) is 2.43. The van der Waals surface area contributed by atoms with E-state index in [9.17, 15) is 8.78 Å². The normalized spacial score (nSPS) is 27.0. The van der Waals surface area contributed by atoms with Gasteiger partial charge < -0.3 is 5.32 Å². The molecule has 1 saturated carbocycles. The van der Waals surface area contributed by atoms with Gasteiger partial charge in [-0.1, -0.05) is 26.0 Å². The van der Waals surface area contributed by atoms with Crippen molar-refractivity contribution in [2.75, 3.05) is 13.6 Å². The second kappa shape index (κ2) is 6.66. The van der Waals surface area contributed by atoms with E-state index < -0.39 is 11.6 Å². The molecule has 0 aliphatic heterocycles. The molecule has 20 heavy (non-hydrogen) atoms. The Morgan fingerprint density at radius 2 is 2.00 bits per heavy atom. The van der Waals surface area contributed by atoms with Crippen LogP contribution in [0.1, 0.15) is 44.6 Å². The van der Waals surface area contributed by atoms with Crippen molar-refractivity contribution in [1.82, 2.24) is 5.32 Å². The van der Waals surface area contributed by atoms with Crippen molar-refractivity contribution in [1.29, 1.82) is 0 Å². The summed E-state index contributed by atoms with van der Waals surface area (Å²) in [6, 6.07) is 4.59. The molecule has 0 spiro atoms. The molecule has 0 saturated heterocycles. The van der Waals surface area contributed by atoms with Crippen molar-refractivity contribution < 1.29 is 8.78 Å². The molecule has 2 rings (SSSR count). The fraction of sp³-hybridized carbons (Fsp3) is 0.647. The summed E-state index contributed by atoms with van der Waals surface area (Å²) in [5.41, 5.74) is 0.565. The Labute approximate surface area is 120 Å². The van der Waals surface area contributed by atoms with E-state index in [1.54, 1.807) is 12.1 Å². The molecule has 3 heteroatoms.